The Labute approximate surface area is 148 Å². The molecule has 1 heterocycles. The van der Waals surface area contributed by atoms with Gasteiger partial charge in [-0.1, -0.05) is 51.8 Å². The van der Waals surface area contributed by atoms with Crippen LogP contribution in [0.15, 0.2) is 46.9 Å². The summed E-state index contributed by atoms with van der Waals surface area (Å²) < 4.78 is 1.15. The van der Waals surface area contributed by atoms with Crippen LogP contribution < -0.4 is 5.32 Å². The Morgan fingerprint density at radius 1 is 1.04 bits per heavy atom. The molecule has 2 aromatic carbocycles. The Hall–Kier alpha value is -1.16. The van der Waals surface area contributed by atoms with Gasteiger partial charge >= 0.3 is 0 Å². The minimum Gasteiger partial charge on any atom is -0.315 e. The van der Waals surface area contributed by atoms with E-state index in [0.29, 0.717) is 6.04 Å². The molecule has 0 bridgehead atoms. The van der Waals surface area contributed by atoms with Gasteiger partial charge in [0.05, 0.1) is 6.04 Å². The first kappa shape index (κ1) is 16.7. The minimum absolute atomic E-state index is 0.326. The third-order valence-corrected chi connectivity index (χ3v) is 5.13. The Morgan fingerprint density at radius 2 is 1.91 bits per heavy atom. The number of hydrogen-bond acceptors (Lipinski definition) is 2. The highest BCUT2D eigenvalue weighted by Crippen LogP contribution is 2.33. The van der Waals surface area contributed by atoms with Crippen molar-refractivity contribution >= 4 is 15.9 Å². The molecule has 0 radical (unpaired) electrons. The van der Waals surface area contributed by atoms with Crippen molar-refractivity contribution in [3.8, 4) is 0 Å². The smallest absolute Gasteiger partial charge is 0.0605 e. The largest absolute Gasteiger partial charge is 0.315 e. The number of aryl methyl sites for hydroxylation is 2. The normalized spacial score (nSPS) is 17.7. The molecule has 2 nitrogen and oxygen atoms in total. The molecule has 2 aromatic rings. The Balaban J connectivity index is 2.07. The fraction of sp³-hybridized carbons (Fsp3) is 0.400. The molecule has 1 atom stereocenters. The summed E-state index contributed by atoms with van der Waals surface area (Å²) in [5.41, 5.74) is 5.51. The second-order valence-corrected chi connectivity index (χ2v) is 7.37. The highest BCUT2D eigenvalue weighted by molar-refractivity contribution is 9.10. The van der Waals surface area contributed by atoms with E-state index in [2.05, 4.69) is 82.5 Å². The number of nitrogens with one attached hydrogen (secondary N) is 1. The van der Waals surface area contributed by atoms with Crippen LogP contribution >= 0.6 is 15.9 Å². The summed E-state index contributed by atoms with van der Waals surface area (Å²) in [5, 5.41) is 3.52. The minimum atomic E-state index is 0.326. The van der Waals surface area contributed by atoms with Crippen LogP contribution in [0.25, 0.3) is 0 Å². The summed E-state index contributed by atoms with van der Waals surface area (Å²) in [6.45, 7) is 8.83. The second-order valence-electron chi connectivity index (χ2n) is 6.46. The summed E-state index contributed by atoms with van der Waals surface area (Å²) >= 11 is 3.64. The molecule has 0 aliphatic carbocycles. The molecule has 1 saturated heterocycles. The zero-order valence-electron chi connectivity index (χ0n) is 14.0. The van der Waals surface area contributed by atoms with Crippen molar-refractivity contribution in [1.29, 1.82) is 0 Å². The van der Waals surface area contributed by atoms with Crippen molar-refractivity contribution < 1.29 is 0 Å². The number of hydrogen-bond donors (Lipinski definition) is 1. The topological polar surface area (TPSA) is 15.3 Å². The molecule has 0 amide bonds. The summed E-state index contributed by atoms with van der Waals surface area (Å²) in [5.74, 6) is 0. The molecule has 3 heteroatoms. The van der Waals surface area contributed by atoms with Gasteiger partial charge in [0.25, 0.3) is 0 Å². The van der Waals surface area contributed by atoms with Crippen LogP contribution in [0.5, 0.6) is 0 Å². The quantitative estimate of drug-likeness (QED) is 0.855. The average molecular weight is 373 g/mol. The van der Waals surface area contributed by atoms with E-state index in [1.807, 2.05) is 0 Å². The molecule has 0 saturated carbocycles. The van der Waals surface area contributed by atoms with Crippen LogP contribution in [0.2, 0.25) is 0 Å². The van der Waals surface area contributed by atoms with Crippen LogP contribution in [0, 0.1) is 13.8 Å². The molecule has 1 N–H and O–H groups in total. The summed E-state index contributed by atoms with van der Waals surface area (Å²) in [7, 11) is 0. The maximum atomic E-state index is 3.64. The van der Waals surface area contributed by atoms with Gasteiger partial charge in [0, 0.05) is 24.1 Å². The molecule has 1 aliphatic heterocycles. The van der Waals surface area contributed by atoms with Crippen molar-refractivity contribution in [1.82, 2.24) is 10.2 Å². The van der Waals surface area contributed by atoms with Gasteiger partial charge in [-0.15, -0.1) is 0 Å². The molecule has 1 aliphatic rings. The summed E-state index contributed by atoms with van der Waals surface area (Å²) in [4.78, 5) is 2.63. The van der Waals surface area contributed by atoms with E-state index in [9.17, 15) is 0 Å². The van der Waals surface area contributed by atoms with Gasteiger partial charge in [-0.25, -0.2) is 0 Å². The number of nitrogens with zero attached hydrogens (tertiary/aromatic N) is 1. The van der Waals surface area contributed by atoms with E-state index in [4.69, 9.17) is 0 Å². The Kier molecular flexibility index (Phi) is 5.52. The van der Waals surface area contributed by atoms with Gasteiger partial charge in [-0.3, -0.25) is 4.90 Å². The number of benzene rings is 2. The van der Waals surface area contributed by atoms with Crippen molar-refractivity contribution in [2.45, 2.75) is 26.3 Å². The van der Waals surface area contributed by atoms with E-state index in [-0.39, 0.29) is 0 Å². The summed E-state index contributed by atoms with van der Waals surface area (Å²) in [6.07, 6.45) is 1.20. The molecular formula is C20H25BrN2. The summed E-state index contributed by atoms with van der Waals surface area (Å²) in [6, 6.07) is 15.9. The monoisotopic (exact) mass is 372 g/mol. The van der Waals surface area contributed by atoms with Crippen molar-refractivity contribution in [3.63, 3.8) is 0 Å². The van der Waals surface area contributed by atoms with Crippen LogP contribution in [0.4, 0.5) is 0 Å². The maximum Gasteiger partial charge on any atom is 0.0605 e. The molecule has 23 heavy (non-hydrogen) atoms. The van der Waals surface area contributed by atoms with Crippen molar-refractivity contribution in [2.24, 2.45) is 0 Å². The molecular weight excluding hydrogens is 348 g/mol. The molecule has 1 fully saturated rings. The lowest BCUT2D eigenvalue weighted by atomic mass is 9.92. The van der Waals surface area contributed by atoms with E-state index < -0.39 is 0 Å². The van der Waals surface area contributed by atoms with E-state index in [0.717, 1.165) is 30.7 Å². The van der Waals surface area contributed by atoms with Gasteiger partial charge in [-0.2, -0.15) is 0 Å². The predicted octanol–water partition coefficient (Wildman–Crippen LogP) is 4.45. The number of halogens is 1. The highest BCUT2D eigenvalue weighted by atomic mass is 79.9. The van der Waals surface area contributed by atoms with Crippen LogP contribution in [-0.2, 0) is 0 Å². The van der Waals surface area contributed by atoms with Gasteiger partial charge in [0.1, 0.15) is 0 Å². The zero-order valence-corrected chi connectivity index (χ0v) is 15.6. The molecule has 1 unspecified atom stereocenters. The van der Waals surface area contributed by atoms with E-state index in [1.165, 1.54) is 28.7 Å². The SMILES string of the molecule is Cc1ccc(C)c(C(c2cccc(Br)c2)N2CCCNCC2)c1. The van der Waals surface area contributed by atoms with E-state index >= 15 is 0 Å². The fourth-order valence-corrected chi connectivity index (χ4v) is 3.86. The van der Waals surface area contributed by atoms with Crippen molar-refractivity contribution in [3.05, 3.63) is 69.2 Å². The predicted molar refractivity (Wildman–Crippen MR) is 101 cm³/mol. The highest BCUT2D eigenvalue weighted by Gasteiger charge is 2.24. The lowest BCUT2D eigenvalue weighted by molar-refractivity contribution is 0.240. The van der Waals surface area contributed by atoms with Crippen LogP contribution in [0.3, 0.4) is 0 Å². The third-order valence-electron chi connectivity index (χ3n) is 4.63. The van der Waals surface area contributed by atoms with E-state index in [1.54, 1.807) is 0 Å². The maximum absolute atomic E-state index is 3.64. The van der Waals surface area contributed by atoms with Gasteiger partial charge in [-0.05, 0) is 55.6 Å². The second kappa shape index (κ2) is 7.61. The third kappa shape index (κ3) is 4.03. The molecule has 122 valence electrons. The van der Waals surface area contributed by atoms with Gasteiger partial charge in [0.2, 0.25) is 0 Å². The first-order valence-corrected chi connectivity index (χ1v) is 9.22. The average Bonchev–Trinajstić information content (AvgIpc) is 2.80. The first-order valence-electron chi connectivity index (χ1n) is 8.42. The fourth-order valence-electron chi connectivity index (χ4n) is 3.44. The Bertz CT molecular complexity index is 660. The van der Waals surface area contributed by atoms with Gasteiger partial charge < -0.3 is 5.32 Å². The van der Waals surface area contributed by atoms with Crippen molar-refractivity contribution in [2.75, 3.05) is 26.2 Å². The lowest BCUT2D eigenvalue weighted by Gasteiger charge is -2.32. The lowest BCUT2D eigenvalue weighted by Crippen LogP contribution is -2.33. The molecule has 0 spiro atoms. The Morgan fingerprint density at radius 3 is 2.74 bits per heavy atom. The number of rotatable bonds is 3. The van der Waals surface area contributed by atoms with Gasteiger partial charge in [0.15, 0.2) is 0 Å². The van der Waals surface area contributed by atoms with Crippen LogP contribution in [0.1, 0.15) is 34.7 Å². The zero-order chi connectivity index (χ0) is 16.2. The first-order chi connectivity index (χ1) is 11.1. The molecule has 3 rings (SSSR count). The standard InChI is InChI=1S/C20H25BrN2/c1-15-7-8-16(2)19(13-15)20(17-5-3-6-18(21)14-17)23-11-4-9-22-10-12-23/h3,5-8,13-14,20,22H,4,9-12H2,1-2H3. The van der Waals surface area contributed by atoms with Crippen LogP contribution in [-0.4, -0.2) is 31.1 Å². The molecule has 0 aromatic heterocycles.